The van der Waals surface area contributed by atoms with Crippen molar-refractivity contribution in [2.24, 2.45) is 5.92 Å². The molecule has 0 aliphatic heterocycles. The lowest BCUT2D eigenvalue weighted by atomic mass is 10.0. The summed E-state index contributed by atoms with van der Waals surface area (Å²) in [5.74, 6) is 0.837. The van der Waals surface area contributed by atoms with Crippen molar-refractivity contribution in [3.05, 3.63) is 34.9 Å². The third kappa shape index (κ3) is 4.65. The second kappa shape index (κ2) is 7.09. The van der Waals surface area contributed by atoms with Crippen LogP contribution in [0.3, 0.4) is 0 Å². The summed E-state index contributed by atoms with van der Waals surface area (Å²) in [7, 11) is 0. The Morgan fingerprint density at radius 2 is 1.84 bits per heavy atom. The van der Waals surface area contributed by atoms with E-state index in [0.29, 0.717) is 6.04 Å². The molecule has 1 aliphatic rings. The minimum absolute atomic E-state index is 0.631. The van der Waals surface area contributed by atoms with Crippen LogP contribution in [0, 0.1) is 5.92 Å². The van der Waals surface area contributed by atoms with E-state index in [0.717, 1.165) is 12.5 Å². The normalized spacial score (nSPS) is 15.8. The molecule has 2 rings (SSSR count). The van der Waals surface area contributed by atoms with Gasteiger partial charge in [-0.2, -0.15) is 0 Å². The van der Waals surface area contributed by atoms with Crippen LogP contribution in [0.5, 0.6) is 0 Å². The number of hydrogen-bond donors (Lipinski definition) is 1. The molecule has 19 heavy (non-hydrogen) atoms. The summed E-state index contributed by atoms with van der Waals surface area (Å²) in [6.07, 6.45) is 7.91. The monoisotopic (exact) mass is 259 g/mol. The first kappa shape index (κ1) is 14.6. The van der Waals surface area contributed by atoms with E-state index in [1.165, 1.54) is 44.1 Å². The van der Waals surface area contributed by atoms with Gasteiger partial charge in [0, 0.05) is 12.6 Å². The van der Waals surface area contributed by atoms with Crippen LogP contribution < -0.4 is 5.32 Å². The van der Waals surface area contributed by atoms with E-state index in [9.17, 15) is 0 Å². The summed E-state index contributed by atoms with van der Waals surface area (Å²) in [6.45, 7) is 7.95. The van der Waals surface area contributed by atoms with Gasteiger partial charge in [0.25, 0.3) is 0 Å². The minimum Gasteiger partial charge on any atom is -0.310 e. The van der Waals surface area contributed by atoms with Gasteiger partial charge < -0.3 is 5.32 Å². The molecule has 0 amide bonds. The predicted molar refractivity (Wildman–Crippen MR) is 83.5 cm³/mol. The lowest BCUT2D eigenvalue weighted by Crippen LogP contribution is -2.25. The number of hydrogen-bond acceptors (Lipinski definition) is 1. The Hall–Kier alpha value is -0.820. The topological polar surface area (TPSA) is 12.0 Å². The first-order chi connectivity index (χ1) is 9.15. The molecule has 1 aromatic rings. The van der Waals surface area contributed by atoms with Gasteiger partial charge in [-0.15, -0.1) is 0 Å². The second-order valence-electron chi connectivity index (χ2n) is 6.56. The molecule has 0 spiro atoms. The van der Waals surface area contributed by atoms with Gasteiger partial charge in [0.1, 0.15) is 0 Å². The summed E-state index contributed by atoms with van der Waals surface area (Å²) < 4.78 is 0. The number of aryl methyl sites for hydroxylation is 2. The summed E-state index contributed by atoms with van der Waals surface area (Å²) in [5, 5.41) is 3.66. The molecule has 0 heterocycles. The Morgan fingerprint density at radius 3 is 2.63 bits per heavy atom. The van der Waals surface area contributed by atoms with Gasteiger partial charge in [-0.25, -0.2) is 0 Å². The summed E-state index contributed by atoms with van der Waals surface area (Å²) in [6, 6.07) is 7.68. The molecule has 1 nitrogen and oxygen atoms in total. The molecule has 1 heteroatoms. The summed E-state index contributed by atoms with van der Waals surface area (Å²) >= 11 is 0. The molecule has 0 bridgehead atoms. The Balaban J connectivity index is 1.73. The molecular formula is C18H29N. The van der Waals surface area contributed by atoms with Crippen molar-refractivity contribution in [1.29, 1.82) is 0 Å². The van der Waals surface area contributed by atoms with Gasteiger partial charge in [0.2, 0.25) is 0 Å². The van der Waals surface area contributed by atoms with Gasteiger partial charge in [0.15, 0.2) is 0 Å². The van der Waals surface area contributed by atoms with Gasteiger partial charge in [-0.05, 0) is 55.2 Å². The molecule has 1 aliphatic carbocycles. The molecule has 0 radical (unpaired) electrons. The van der Waals surface area contributed by atoms with Crippen LogP contribution in [0.15, 0.2) is 18.2 Å². The van der Waals surface area contributed by atoms with Crippen LogP contribution >= 0.6 is 0 Å². The van der Waals surface area contributed by atoms with Gasteiger partial charge in [0.05, 0.1) is 0 Å². The van der Waals surface area contributed by atoms with E-state index in [4.69, 9.17) is 0 Å². The van der Waals surface area contributed by atoms with Crippen LogP contribution in [-0.2, 0) is 19.4 Å². The largest absolute Gasteiger partial charge is 0.310 e. The molecule has 1 atom stereocenters. The minimum atomic E-state index is 0.631. The number of fused-ring (bicyclic) bond motifs is 1. The van der Waals surface area contributed by atoms with Crippen molar-refractivity contribution in [3.63, 3.8) is 0 Å². The average Bonchev–Trinajstić information content (AvgIpc) is 2.83. The van der Waals surface area contributed by atoms with Gasteiger partial charge >= 0.3 is 0 Å². The Labute approximate surface area is 118 Å². The van der Waals surface area contributed by atoms with E-state index in [2.05, 4.69) is 44.3 Å². The molecular weight excluding hydrogens is 230 g/mol. The quantitative estimate of drug-likeness (QED) is 0.761. The van der Waals surface area contributed by atoms with E-state index < -0.39 is 0 Å². The molecule has 106 valence electrons. The lowest BCUT2D eigenvalue weighted by Gasteiger charge is -2.15. The molecule has 0 saturated heterocycles. The lowest BCUT2D eigenvalue weighted by molar-refractivity contribution is 0.457. The summed E-state index contributed by atoms with van der Waals surface area (Å²) in [4.78, 5) is 0. The summed E-state index contributed by atoms with van der Waals surface area (Å²) in [5.41, 5.74) is 4.62. The van der Waals surface area contributed by atoms with Crippen molar-refractivity contribution >= 4 is 0 Å². The standard InChI is InChI=1S/C18H29N/c1-14(2)6-4-7-15(3)19-13-16-10-11-17-8-5-9-18(17)12-16/h10-12,14-15,19H,4-9,13H2,1-3H3. The second-order valence-corrected chi connectivity index (χ2v) is 6.56. The molecule has 1 aromatic carbocycles. The third-order valence-electron chi connectivity index (χ3n) is 4.24. The molecule has 0 fully saturated rings. The highest BCUT2D eigenvalue weighted by molar-refractivity contribution is 5.35. The molecule has 0 saturated carbocycles. The van der Waals surface area contributed by atoms with Crippen molar-refractivity contribution < 1.29 is 0 Å². The van der Waals surface area contributed by atoms with E-state index in [-0.39, 0.29) is 0 Å². The fraction of sp³-hybridized carbons (Fsp3) is 0.667. The van der Waals surface area contributed by atoms with Crippen LogP contribution in [-0.4, -0.2) is 6.04 Å². The van der Waals surface area contributed by atoms with E-state index >= 15 is 0 Å². The van der Waals surface area contributed by atoms with Crippen LogP contribution in [0.2, 0.25) is 0 Å². The number of rotatable bonds is 7. The first-order valence-corrected chi connectivity index (χ1v) is 7.99. The highest BCUT2D eigenvalue weighted by Crippen LogP contribution is 2.22. The number of nitrogens with one attached hydrogen (secondary N) is 1. The van der Waals surface area contributed by atoms with Crippen LogP contribution in [0.25, 0.3) is 0 Å². The zero-order valence-corrected chi connectivity index (χ0v) is 12.8. The van der Waals surface area contributed by atoms with Crippen molar-refractivity contribution in [1.82, 2.24) is 5.32 Å². The molecule has 1 N–H and O–H groups in total. The maximum absolute atomic E-state index is 3.66. The zero-order valence-electron chi connectivity index (χ0n) is 12.8. The van der Waals surface area contributed by atoms with Crippen LogP contribution in [0.4, 0.5) is 0 Å². The molecule has 0 aromatic heterocycles. The Morgan fingerprint density at radius 1 is 1.05 bits per heavy atom. The first-order valence-electron chi connectivity index (χ1n) is 7.99. The van der Waals surface area contributed by atoms with Gasteiger partial charge in [-0.3, -0.25) is 0 Å². The van der Waals surface area contributed by atoms with Crippen molar-refractivity contribution in [2.75, 3.05) is 0 Å². The van der Waals surface area contributed by atoms with Crippen LogP contribution in [0.1, 0.15) is 63.1 Å². The molecule has 1 unspecified atom stereocenters. The SMILES string of the molecule is CC(C)CCCC(C)NCc1ccc2c(c1)CCC2. The van der Waals surface area contributed by atoms with E-state index in [1.807, 2.05) is 0 Å². The zero-order chi connectivity index (χ0) is 13.7. The highest BCUT2D eigenvalue weighted by Gasteiger charge is 2.11. The fourth-order valence-electron chi connectivity index (χ4n) is 2.96. The van der Waals surface area contributed by atoms with Crippen molar-refractivity contribution in [3.8, 4) is 0 Å². The maximum Gasteiger partial charge on any atom is 0.0208 e. The average molecular weight is 259 g/mol. The smallest absolute Gasteiger partial charge is 0.0208 e. The van der Waals surface area contributed by atoms with Gasteiger partial charge in [-0.1, -0.05) is 44.9 Å². The Bertz CT molecular complexity index is 395. The fourth-order valence-corrected chi connectivity index (χ4v) is 2.96. The van der Waals surface area contributed by atoms with Crippen molar-refractivity contribution in [2.45, 2.75) is 71.9 Å². The third-order valence-corrected chi connectivity index (χ3v) is 4.24. The highest BCUT2D eigenvalue weighted by atomic mass is 14.9. The maximum atomic E-state index is 3.66. The number of benzene rings is 1. The predicted octanol–water partition coefficient (Wildman–Crippen LogP) is 4.48. The Kier molecular flexibility index (Phi) is 5.45. The van der Waals surface area contributed by atoms with E-state index in [1.54, 1.807) is 11.1 Å².